The summed E-state index contributed by atoms with van der Waals surface area (Å²) in [5.74, 6) is 2.23. The number of rotatable bonds is 9. The average molecular weight is 947 g/mol. The Morgan fingerprint density at radius 3 is 1.27 bits per heavy atom. The molecular formula is C67H58N6. The molecule has 0 amide bonds. The second-order valence-corrected chi connectivity index (χ2v) is 21.1. The van der Waals surface area contributed by atoms with Crippen LogP contribution in [0, 0.1) is 0 Å². The predicted octanol–water partition coefficient (Wildman–Crippen LogP) is 17.9. The van der Waals surface area contributed by atoms with Gasteiger partial charge in [-0.25, -0.2) is 9.97 Å². The van der Waals surface area contributed by atoms with Gasteiger partial charge in [0, 0.05) is 67.3 Å². The smallest absolute Gasteiger partial charge is 0.163 e. The lowest BCUT2D eigenvalue weighted by atomic mass is 9.86. The minimum atomic E-state index is -0.0652. The summed E-state index contributed by atoms with van der Waals surface area (Å²) >= 11 is 0. The van der Waals surface area contributed by atoms with Gasteiger partial charge >= 0.3 is 0 Å². The minimum Gasteiger partial charge on any atom is -0.311 e. The summed E-state index contributed by atoms with van der Waals surface area (Å²) in [7, 11) is 0. The van der Waals surface area contributed by atoms with Crippen molar-refractivity contribution in [3.63, 3.8) is 0 Å². The number of nitrogens with zero attached hydrogens (tertiary/aromatic N) is 6. The summed E-state index contributed by atoms with van der Waals surface area (Å²) in [4.78, 5) is 15.8. The summed E-state index contributed by atoms with van der Waals surface area (Å²) in [5, 5.41) is 4.64. The van der Waals surface area contributed by atoms with Crippen molar-refractivity contribution in [2.24, 2.45) is 0 Å². The zero-order valence-electron chi connectivity index (χ0n) is 42.3. The van der Waals surface area contributed by atoms with E-state index in [9.17, 15) is 0 Å². The third kappa shape index (κ3) is 8.39. The Bertz CT molecular complexity index is 3900. The maximum atomic E-state index is 5.52. The fraction of sp³-hybridized carbons (Fsp3) is 0.134. The van der Waals surface area contributed by atoms with E-state index in [1.54, 1.807) is 0 Å². The van der Waals surface area contributed by atoms with Crippen LogP contribution in [-0.2, 0) is 10.8 Å². The van der Waals surface area contributed by atoms with Crippen molar-refractivity contribution in [3.8, 4) is 23.0 Å². The van der Waals surface area contributed by atoms with Gasteiger partial charge in [0.15, 0.2) is 5.82 Å². The van der Waals surface area contributed by atoms with Crippen LogP contribution in [0.2, 0.25) is 0 Å². The van der Waals surface area contributed by atoms with Crippen molar-refractivity contribution >= 4 is 72.0 Å². The third-order valence-corrected chi connectivity index (χ3v) is 14.2. The number of hydrogen-bond donors (Lipinski definition) is 0. The van der Waals surface area contributed by atoms with Crippen molar-refractivity contribution in [1.82, 2.24) is 19.1 Å². The van der Waals surface area contributed by atoms with Gasteiger partial charge in [-0.1, -0.05) is 163 Å². The normalized spacial score (nSPS) is 13.0. The van der Waals surface area contributed by atoms with E-state index in [2.05, 4.69) is 285 Å². The highest BCUT2D eigenvalue weighted by Crippen LogP contribution is 2.43. The maximum absolute atomic E-state index is 5.52. The number of hydrogen-bond acceptors (Lipinski definition) is 4. The number of para-hydroxylation sites is 3. The molecule has 0 aliphatic heterocycles. The van der Waals surface area contributed by atoms with Gasteiger partial charge in [0.25, 0.3) is 0 Å². The summed E-state index contributed by atoms with van der Waals surface area (Å²) < 4.78 is 4.69. The van der Waals surface area contributed by atoms with Gasteiger partial charge in [-0.05, 0) is 132 Å². The summed E-state index contributed by atoms with van der Waals surface area (Å²) in [6.07, 6.45) is 11.8. The standard InChI is InChI=1S/C67H58N6/c1-66(2,3)47-33-37-59-55(41-47)57-43-53(70(50-27-17-10-18-28-50)49-25-15-7-8-16-26-49)35-39-61(57)72(59)63-45-64(69-65(68-63)46-23-13-9-14-24-46)73-60-38-34-48(67(4,5)6)42-56(60)58-44-54(36-40-62(58)73)71(51-29-19-11-20-30-51)52-31-21-12-22-32-52/h7-15,17-45H,16H2,1-6H3. The van der Waals surface area contributed by atoms with E-state index >= 15 is 0 Å². The number of benzene rings is 8. The number of anilines is 5. The van der Waals surface area contributed by atoms with E-state index in [4.69, 9.17) is 9.97 Å². The zero-order chi connectivity index (χ0) is 49.8. The molecule has 356 valence electrons. The fourth-order valence-corrected chi connectivity index (χ4v) is 10.5. The molecule has 0 spiro atoms. The van der Waals surface area contributed by atoms with Gasteiger partial charge < -0.3 is 9.80 Å². The van der Waals surface area contributed by atoms with E-state index in [0.717, 1.165) is 90.6 Å². The first-order valence-corrected chi connectivity index (χ1v) is 25.4. The quantitative estimate of drug-likeness (QED) is 0.145. The van der Waals surface area contributed by atoms with Crippen LogP contribution >= 0.6 is 0 Å². The molecule has 0 atom stereocenters. The van der Waals surface area contributed by atoms with Crippen molar-refractivity contribution in [2.75, 3.05) is 9.80 Å². The monoisotopic (exact) mass is 946 g/mol. The lowest BCUT2D eigenvalue weighted by Gasteiger charge is -2.26. The van der Waals surface area contributed by atoms with Crippen molar-refractivity contribution < 1.29 is 0 Å². The van der Waals surface area contributed by atoms with Crippen LogP contribution < -0.4 is 9.80 Å². The summed E-state index contributed by atoms with van der Waals surface area (Å²) in [5.41, 5.74) is 14.2. The van der Waals surface area contributed by atoms with Gasteiger partial charge in [-0.3, -0.25) is 9.13 Å². The third-order valence-electron chi connectivity index (χ3n) is 14.2. The first-order valence-electron chi connectivity index (χ1n) is 25.4. The Morgan fingerprint density at radius 1 is 0.397 bits per heavy atom. The molecule has 0 unspecified atom stereocenters. The Kier molecular flexibility index (Phi) is 11.3. The fourth-order valence-electron chi connectivity index (χ4n) is 10.5. The molecular weight excluding hydrogens is 889 g/mol. The average Bonchev–Trinajstić information content (AvgIpc) is 3.77. The highest BCUT2D eigenvalue weighted by molar-refractivity contribution is 6.12. The Balaban J connectivity index is 1.12. The molecule has 12 rings (SSSR count). The largest absolute Gasteiger partial charge is 0.311 e. The Hall–Kier alpha value is -8.74. The molecule has 11 aromatic rings. The molecule has 1 aliphatic rings. The lowest BCUT2D eigenvalue weighted by molar-refractivity contribution is 0.591. The SMILES string of the molecule is CC(C)(C)c1ccc2c(c1)c1cc(N(C3=CCC=CC=C3)c3ccccc3)ccc1n2-c1cc(-n2c3ccc(N(c4ccccc4)c4ccccc4)cc3c3cc(C(C)(C)C)ccc32)nc(-c2ccccc2)n1. The molecule has 1 aliphatic carbocycles. The number of aromatic nitrogens is 4. The highest BCUT2D eigenvalue weighted by Gasteiger charge is 2.25. The van der Waals surface area contributed by atoms with Crippen molar-refractivity contribution in [1.29, 1.82) is 0 Å². The van der Waals surface area contributed by atoms with Crippen LogP contribution in [0.5, 0.6) is 0 Å². The van der Waals surface area contributed by atoms with E-state index in [1.165, 1.54) is 21.9 Å². The Labute approximate surface area is 428 Å². The molecule has 0 bridgehead atoms. The first-order chi connectivity index (χ1) is 35.5. The topological polar surface area (TPSA) is 42.1 Å². The van der Waals surface area contributed by atoms with Gasteiger partial charge in [0.05, 0.1) is 22.1 Å². The summed E-state index contributed by atoms with van der Waals surface area (Å²) in [6.45, 7) is 13.7. The highest BCUT2D eigenvalue weighted by atomic mass is 15.2. The predicted molar refractivity (Wildman–Crippen MR) is 308 cm³/mol. The van der Waals surface area contributed by atoms with E-state index in [1.807, 2.05) is 6.07 Å². The van der Waals surface area contributed by atoms with E-state index in [-0.39, 0.29) is 10.8 Å². The van der Waals surface area contributed by atoms with Gasteiger partial charge in [0.2, 0.25) is 0 Å². The van der Waals surface area contributed by atoms with Gasteiger partial charge in [-0.15, -0.1) is 0 Å². The molecule has 73 heavy (non-hydrogen) atoms. The maximum Gasteiger partial charge on any atom is 0.163 e. The summed E-state index contributed by atoms with van der Waals surface area (Å²) in [6, 6.07) is 72.2. The molecule has 0 N–H and O–H groups in total. The molecule has 8 aromatic carbocycles. The van der Waals surface area contributed by atoms with Gasteiger partial charge in [0.1, 0.15) is 11.6 Å². The van der Waals surface area contributed by atoms with E-state index in [0.29, 0.717) is 5.82 Å². The lowest BCUT2D eigenvalue weighted by Crippen LogP contribution is -2.15. The molecule has 3 aromatic heterocycles. The van der Waals surface area contributed by atoms with Crippen molar-refractivity contribution in [3.05, 3.63) is 247 Å². The van der Waals surface area contributed by atoms with Crippen LogP contribution in [0.15, 0.2) is 236 Å². The molecule has 0 saturated heterocycles. The number of fused-ring (bicyclic) bond motifs is 6. The van der Waals surface area contributed by atoms with Crippen LogP contribution in [0.25, 0.3) is 66.6 Å². The number of allylic oxidation sites excluding steroid dienone is 5. The second-order valence-electron chi connectivity index (χ2n) is 21.1. The molecule has 0 saturated carbocycles. The molecule has 0 fully saturated rings. The van der Waals surface area contributed by atoms with E-state index < -0.39 is 0 Å². The molecule has 6 nitrogen and oxygen atoms in total. The van der Waals surface area contributed by atoms with Gasteiger partial charge in [-0.2, -0.15) is 0 Å². The molecule has 3 heterocycles. The molecule has 0 radical (unpaired) electrons. The van der Waals surface area contributed by atoms with Crippen LogP contribution in [0.3, 0.4) is 0 Å². The Morgan fingerprint density at radius 2 is 0.808 bits per heavy atom. The first kappa shape index (κ1) is 45.4. The van der Waals surface area contributed by atoms with Crippen LogP contribution in [0.4, 0.5) is 28.4 Å². The minimum absolute atomic E-state index is 0.0646. The van der Waals surface area contributed by atoms with Crippen LogP contribution in [0.1, 0.15) is 59.1 Å². The molecule has 6 heteroatoms. The van der Waals surface area contributed by atoms with Crippen LogP contribution in [-0.4, -0.2) is 19.1 Å². The van der Waals surface area contributed by atoms with Crippen molar-refractivity contribution in [2.45, 2.75) is 58.8 Å². The second kappa shape index (κ2) is 18.1. The zero-order valence-corrected chi connectivity index (χ0v) is 42.3.